The molecule has 4 nitrogen and oxygen atoms in total. The van der Waals surface area contributed by atoms with Crippen molar-refractivity contribution in [2.45, 2.75) is 43.7 Å². The van der Waals surface area contributed by atoms with Gasteiger partial charge in [0.05, 0.1) is 31.5 Å². The Balaban J connectivity index is 1.62. The van der Waals surface area contributed by atoms with Crippen molar-refractivity contribution in [2.75, 3.05) is 13.2 Å². The zero-order valence-corrected chi connectivity index (χ0v) is 11.0. The molecule has 1 aromatic rings. The largest absolute Gasteiger partial charge is 0.395 e. The van der Waals surface area contributed by atoms with Crippen LogP contribution in [0.5, 0.6) is 0 Å². The van der Waals surface area contributed by atoms with E-state index in [1.165, 1.54) is 0 Å². The van der Waals surface area contributed by atoms with Gasteiger partial charge < -0.3 is 14.9 Å². The van der Waals surface area contributed by atoms with E-state index in [-0.39, 0.29) is 30.9 Å². The van der Waals surface area contributed by atoms with Crippen molar-refractivity contribution in [3.05, 3.63) is 35.9 Å². The minimum Gasteiger partial charge on any atom is -0.395 e. The summed E-state index contributed by atoms with van der Waals surface area (Å²) in [6.45, 7) is 1.53. The number of hydrogen-bond acceptors (Lipinski definition) is 4. The average Bonchev–Trinajstić information content (AvgIpc) is 2.97. The zero-order valence-electron chi connectivity index (χ0n) is 11.0. The average molecular weight is 263 g/mol. The molecule has 4 atom stereocenters. The molecule has 3 rings (SSSR count). The molecule has 2 aliphatic heterocycles. The zero-order chi connectivity index (χ0) is 13.2. The second kappa shape index (κ2) is 5.59. The first-order chi connectivity index (χ1) is 9.29. The van der Waals surface area contributed by atoms with E-state index in [2.05, 4.69) is 4.90 Å². The second-order valence-corrected chi connectivity index (χ2v) is 5.48. The van der Waals surface area contributed by atoms with Gasteiger partial charge in [-0.25, -0.2) is 0 Å². The molecule has 0 bridgehead atoms. The van der Waals surface area contributed by atoms with Gasteiger partial charge in [0.25, 0.3) is 0 Å². The molecule has 0 aromatic heterocycles. The van der Waals surface area contributed by atoms with Gasteiger partial charge in [-0.05, 0) is 18.4 Å². The van der Waals surface area contributed by atoms with Crippen LogP contribution in [-0.4, -0.2) is 52.6 Å². The minimum atomic E-state index is -0.264. The van der Waals surface area contributed by atoms with Gasteiger partial charge in [0.2, 0.25) is 0 Å². The van der Waals surface area contributed by atoms with Crippen molar-refractivity contribution in [2.24, 2.45) is 0 Å². The first-order valence-corrected chi connectivity index (χ1v) is 7.00. The smallest absolute Gasteiger partial charge is 0.0773 e. The van der Waals surface area contributed by atoms with Gasteiger partial charge in [0.1, 0.15) is 0 Å². The molecular weight excluding hydrogens is 242 g/mol. The van der Waals surface area contributed by atoms with E-state index in [0.717, 1.165) is 24.9 Å². The highest BCUT2D eigenvalue weighted by molar-refractivity contribution is 5.13. The maximum atomic E-state index is 9.94. The third-order valence-electron chi connectivity index (χ3n) is 4.38. The predicted octanol–water partition coefficient (Wildman–Crippen LogP) is 0.772. The van der Waals surface area contributed by atoms with Crippen LogP contribution in [0, 0.1) is 0 Å². The van der Waals surface area contributed by atoms with Gasteiger partial charge in [-0.15, -0.1) is 0 Å². The highest BCUT2D eigenvalue weighted by Gasteiger charge is 2.47. The number of nitrogens with zero attached hydrogens (tertiary/aromatic N) is 1. The minimum absolute atomic E-state index is 0.0187. The molecule has 104 valence electrons. The highest BCUT2D eigenvalue weighted by atomic mass is 16.5. The van der Waals surface area contributed by atoms with Crippen LogP contribution in [0.3, 0.4) is 0 Å². The van der Waals surface area contributed by atoms with E-state index < -0.39 is 0 Å². The van der Waals surface area contributed by atoms with Gasteiger partial charge in [-0.3, -0.25) is 4.90 Å². The summed E-state index contributed by atoms with van der Waals surface area (Å²) in [5.41, 5.74) is 1.15. The van der Waals surface area contributed by atoms with Crippen molar-refractivity contribution in [1.82, 2.24) is 4.90 Å². The Bertz CT molecular complexity index is 411. The summed E-state index contributed by atoms with van der Waals surface area (Å²) in [6.07, 6.45) is 1.38. The molecule has 0 saturated carbocycles. The van der Waals surface area contributed by atoms with E-state index in [0.29, 0.717) is 6.61 Å². The molecule has 2 aliphatic rings. The topological polar surface area (TPSA) is 52.9 Å². The number of aliphatic hydroxyl groups is 2. The molecule has 0 spiro atoms. The van der Waals surface area contributed by atoms with Crippen molar-refractivity contribution < 1.29 is 14.9 Å². The summed E-state index contributed by atoms with van der Waals surface area (Å²) in [5.74, 6) is 0. The van der Waals surface area contributed by atoms with Gasteiger partial charge in [0.15, 0.2) is 0 Å². The molecule has 1 aromatic carbocycles. The maximum Gasteiger partial charge on any atom is 0.0773 e. The predicted molar refractivity (Wildman–Crippen MR) is 71.6 cm³/mol. The molecule has 2 heterocycles. The Hall–Kier alpha value is -0.940. The van der Waals surface area contributed by atoms with Crippen molar-refractivity contribution in [3.63, 3.8) is 0 Å². The van der Waals surface area contributed by atoms with E-state index in [4.69, 9.17) is 4.74 Å². The summed E-state index contributed by atoms with van der Waals surface area (Å²) in [6, 6.07) is 10.3. The van der Waals surface area contributed by atoms with E-state index >= 15 is 0 Å². The van der Waals surface area contributed by atoms with Crippen molar-refractivity contribution in [3.8, 4) is 0 Å². The van der Waals surface area contributed by atoms with Gasteiger partial charge in [-0.2, -0.15) is 0 Å². The lowest BCUT2D eigenvalue weighted by Crippen LogP contribution is -2.40. The monoisotopic (exact) mass is 263 g/mol. The Morgan fingerprint density at radius 1 is 1.26 bits per heavy atom. The van der Waals surface area contributed by atoms with Crippen LogP contribution < -0.4 is 0 Å². The quantitative estimate of drug-likeness (QED) is 0.842. The lowest BCUT2D eigenvalue weighted by molar-refractivity contribution is -0.00118. The van der Waals surface area contributed by atoms with Crippen LogP contribution in [0.4, 0.5) is 0 Å². The first kappa shape index (κ1) is 13.1. The van der Waals surface area contributed by atoms with Crippen LogP contribution in [0.15, 0.2) is 30.3 Å². The third kappa shape index (κ3) is 2.54. The fourth-order valence-electron chi connectivity index (χ4n) is 3.35. The molecule has 0 radical (unpaired) electrons. The second-order valence-electron chi connectivity index (χ2n) is 5.48. The van der Waals surface area contributed by atoms with Crippen molar-refractivity contribution >= 4 is 0 Å². The summed E-state index contributed by atoms with van der Waals surface area (Å²) >= 11 is 0. The van der Waals surface area contributed by atoms with Gasteiger partial charge >= 0.3 is 0 Å². The SMILES string of the molecule is OC[C@H]1[C@H](OCc2ccccc2)C[C@@H]2[C@@H](O)CCN21. The molecule has 0 unspecified atom stereocenters. The summed E-state index contributed by atoms with van der Waals surface area (Å²) in [7, 11) is 0. The number of rotatable bonds is 4. The fourth-order valence-corrected chi connectivity index (χ4v) is 3.35. The Morgan fingerprint density at radius 3 is 2.79 bits per heavy atom. The van der Waals surface area contributed by atoms with Gasteiger partial charge in [0, 0.05) is 12.6 Å². The summed E-state index contributed by atoms with van der Waals surface area (Å²) < 4.78 is 5.96. The van der Waals surface area contributed by atoms with Crippen LogP contribution in [-0.2, 0) is 11.3 Å². The van der Waals surface area contributed by atoms with Crippen LogP contribution in [0.25, 0.3) is 0 Å². The van der Waals surface area contributed by atoms with E-state index in [9.17, 15) is 10.2 Å². The number of ether oxygens (including phenoxy) is 1. The van der Waals surface area contributed by atoms with Crippen molar-refractivity contribution in [1.29, 1.82) is 0 Å². The number of benzene rings is 1. The lowest BCUT2D eigenvalue weighted by atomic mass is 10.1. The molecule has 2 N–H and O–H groups in total. The molecule has 2 saturated heterocycles. The van der Waals surface area contributed by atoms with Crippen LogP contribution in [0.1, 0.15) is 18.4 Å². The molecule has 2 fully saturated rings. The van der Waals surface area contributed by atoms with Gasteiger partial charge in [-0.1, -0.05) is 30.3 Å². The number of hydrogen-bond donors (Lipinski definition) is 2. The summed E-state index contributed by atoms with van der Waals surface area (Å²) in [4.78, 5) is 2.21. The standard InChI is InChI=1S/C15H21NO3/c17-9-13-15(8-12-14(18)6-7-16(12)13)19-10-11-4-2-1-3-5-11/h1-5,12-15,17-18H,6-10H2/t12-,13+,14+,15-/m1/s1. The fraction of sp³-hybridized carbons (Fsp3) is 0.600. The Morgan fingerprint density at radius 2 is 2.05 bits per heavy atom. The van der Waals surface area contributed by atoms with Crippen LogP contribution in [0.2, 0.25) is 0 Å². The van der Waals surface area contributed by atoms with Crippen LogP contribution >= 0.6 is 0 Å². The molecular formula is C15H21NO3. The Labute approximate surface area is 113 Å². The third-order valence-corrected chi connectivity index (χ3v) is 4.38. The number of fused-ring (bicyclic) bond motifs is 1. The molecule has 19 heavy (non-hydrogen) atoms. The number of aliphatic hydroxyl groups excluding tert-OH is 2. The molecule has 0 amide bonds. The lowest BCUT2D eigenvalue weighted by Gasteiger charge is -2.25. The summed E-state index contributed by atoms with van der Waals surface area (Å²) in [5, 5.41) is 19.5. The molecule has 4 heteroatoms. The Kier molecular flexibility index (Phi) is 3.84. The normalized spacial score (nSPS) is 34.6. The highest BCUT2D eigenvalue weighted by Crippen LogP contribution is 2.34. The maximum absolute atomic E-state index is 9.94. The first-order valence-electron chi connectivity index (χ1n) is 7.00. The van der Waals surface area contributed by atoms with E-state index in [1.807, 2.05) is 30.3 Å². The van der Waals surface area contributed by atoms with E-state index in [1.54, 1.807) is 0 Å². The molecule has 0 aliphatic carbocycles.